The Kier molecular flexibility index (Phi) is 5.33. The Labute approximate surface area is 170 Å². The Morgan fingerprint density at radius 2 is 1.63 bits per heavy atom. The molecular weight excluding hydrogens is 393 g/mol. The highest BCUT2D eigenvalue weighted by atomic mass is 19.4. The summed E-state index contributed by atoms with van der Waals surface area (Å²) in [5.41, 5.74) is 2.44. The van der Waals surface area contributed by atoms with Crippen molar-refractivity contribution in [2.45, 2.75) is 12.8 Å². The Hall–Kier alpha value is -3.52. The zero-order valence-electron chi connectivity index (χ0n) is 15.9. The molecule has 0 aliphatic rings. The Morgan fingerprint density at radius 3 is 2.30 bits per heavy atom. The van der Waals surface area contributed by atoms with Gasteiger partial charge in [0.25, 0.3) is 0 Å². The van der Waals surface area contributed by atoms with Crippen LogP contribution in [0.2, 0.25) is 0 Å². The van der Waals surface area contributed by atoms with E-state index < -0.39 is 11.7 Å². The summed E-state index contributed by atoms with van der Waals surface area (Å²) in [6.45, 7) is 0.205. The third-order valence-electron chi connectivity index (χ3n) is 4.51. The molecule has 0 atom stereocenters. The van der Waals surface area contributed by atoms with Crippen LogP contribution in [0.4, 0.5) is 24.7 Å². The van der Waals surface area contributed by atoms with Crippen molar-refractivity contribution in [2.24, 2.45) is 0 Å². The van der Waals surface area contributed by atoms with Gasteiger partial charge in [0.05, 0.1) is 11.1 Å². The topological polar surface area (TPSA) is 59.9 Å². The van der Waals surface area contributed by atoms with Crippen LogP contribution < -0.4 is 5.32 Å². The normalized spacial score (nSPS) is 11.6. The molecule has 0 aliphatic heterocycles. The summed E-state index contributed by atoms with van der Waals surface area (Å²) in [6.07, 6.45) is -0.948. The molecule has 2 aromatic carbocycles. The standard InChI is InChI=1S/C22H17F3N4O/c1-30-13-20-28-19-12-15(14-8-10-26-11-9-14)2-7-18(19)21(29-20)27-17-5-3-16(4-6-17)22(23,24)25/h2-12H,13H2,1H3,(H,27,28,29). The number of nitrogens with one attached hydrogen (secondary N) is 1. The molecule has 8 heteroatoms. The van der Waals surface area contributed by atoms with Crippen LogP contribution in [0.5, 0.6) is 0 Å². The van der Waals surface area contributed by atoms with Gasteiger partial charge in [-0.25, -0.2) is 9.97 Å². The van der Waals surface area contributed by atoms with E-state index in [2.05, 4.69) is 20.3 Å². The number of halogens is 3. The number of pyridine rings is 1. The molecule has 0 spiro atoms. The molecule has 5 nitrogen and oxygen atoms in total. The highest BCUT2D eigenvalue weighted by Crippen LogP contribution is 2.32. The van der Waals surface area contributed by atoms with E-state index in [-0.39, 0.29) is 6.61 Å². The van der Waals surface area contributed by atoms with Gasteiger partial charge in [-0.15, -0.1) is 0 Å². The van der Waals surface area contributed by atoms with E-state index in [1.165, 1.54) is 12.1 Å². The van der Waals surface area contributed by atoms with Crippen molar-refractivity contribution in [3.05, 3.63) is 78.4 Å². The summed E-state index contributed by atoms with van der Waals surface area (Å²) in [5.74, 6) is 0.958. The minimum absolute atomic E-state index is 0.205. The molecule has 4 aromatic rings. The minimum Gasteiger partial charge on any atom is -0.377 e. The quantitative estimate of drug-likeness (QED) is 0.464. The van der Waals surface area contributed by atoms with Crippen molar-refractivity contribution in [1.82, 2.24) is 15.0 Å². The van der Waals surface area contributed by atoms with Gasteiger partial charge in [-0.1, -0.05) is 6.07 Å². The molecule has 0 aliphatic carbocycles. The number of rotatable bonds is 5. The first kappa shape index (κ1) is 19.8. The second-order valence-electron chi connectivity index (χ2n) is 6.59. The lowest BCUT2D eigenvalue weighted by molar-refractivity contribution is -0.137. The molecular formula is C22H17F3N4O. The predicted octanol–water partition coefficient (Wildman–Crippen LogP) is 5.60. The first-order valence-corrected chi connectivity index (χ1v) is 9.08. The molecule has 0 saturated carbocycles. The van der Waals surface area contributed by atoms with Crippen LogP contribution in [0.15, 0.2) is 67.0 Å². The molecule has 0 amide bonds. The number of hydrogen-bond donors (Lipinski definition) is 1. The Bertz CT molecular complexity index is 1160. The number of fused-ring (bicyclic) bond motifs is 1. The van der Waals surface area contributed by atoms with Crippen molar-refractivity contribution in [2.75, 3.05) is 12.4 Å². The fourth-order valence-corrected chi connectivity index (χ4v) is 3.07. The fourth-order valence-electron chi connectivity index (χ4n) is 3.07. The van der Waals surface area contributed by atoms with Crippen LogP contribution in [0, 0.1) is 0 Å². The molecule has 4 rings (SSSR count). The van der Waals surface area contributed by atoms with Gasteiger partial charge < -0.3 is 10.1 Å². The number of hydrogen-bond acceptors (Lipinski definition) is 5. The van der Waals surface area contributed by atoms with E-state index in [9.17, 15) is 13.2 Å². The second kappa shape index (κ2) is 8.08. The minimum atomic E-state index is -4.38. The number of aromatic nitrogens is 3. The summed E-state index contributed by atoms with van der Waals surface area (Å²) in [7, 11) is 1.55. The maximum Gasteiger partial charge on any atom is 0.416 e. The van der Waals surface area contributed by atoms with Crippen molar-refractivity contribution in [1.29, 1.82) is 0 Å². The lowest BCUT2D eigenvalue weighted by Gasteiger charge is -2.13. The maximum absolute atomic E-state index is 12.8. The van der Waals surface area contributed by atoms with Crippen LogP contribution in [0.3, 0.4) is 0 Å². The Balaban J connectivity index is 1.74. The number of alkyl halides is 3. The molecule has 0 saturated heterocycles. The van der Waals surface area contributed by atoms with E-state index >= 15 is 0 Å². The largest absolute Gasteiger partial charge is 0.416 e. The molecule has 0 unspecified atom stereocenters. The summed E-state index contributed by atoms with van der Waals surface area (Å²) >= 11 is 0. The SMILES string of the molecule is COCc1nc(Nc2ccc(C(F)(F)F)cc2)c2ccc(-c3ccncc3)cc2n1. The monoisotopic (exact) mass is 410 g/mol. The molecule has 0 radical (unpaired) electrons. The van der Waals surface area contributed by atoms with Crippen LogP contribution in [-0.2, 0) is 17.5 Å². The van der Waals surface area contributed by atoms with Crippen molar-refractivity contribution < 1.29 is 17.9 Å². The smallest absolute Gasteiger partial charge is 0.377 e. The third kappa shape index (κ3) is 4.23. The fraction of sp³-hybridized carbons (Fsp3) is 0.136. The molecule has 0 fully saturated rings. The lowest BCUT2D eigenvalue weighted by atomic mass is 10.0. The van der Waals surface area contributed by atoms with Crippen LogP contribution in [0.1, 0.15) is 11.4 Å². The van der Waals surface area contributed by atoms with E-state index in [4.69, 9.17) is 4.74 Å². The second-order valence-corrected chi connectivity index (χ2v) is 6.59. The third-order valence-corrected chi connectivity index (χ3v) is 4.51. The number of ether oxygens (including phenoxy) is 1. The van der Waals surface area contributed by atoms with Gasteiger partial charge >= 0.3 is 6.18 Å². The van der Waals surface area contributed by atoms with E-state index in [0.29, 0.717) is 22.8 Å². The van der Waals surface area contributed by atoms with E-state index in [0.717, 1.165) is 28.6 Å². The van der Waals surface area contributed by atoms with Gasteiger partial charge in [0.2, 0.25) is 0 Å². The number of benzene rings is 2. The van der Waals surface area contributed by atoms with Crippen LogP contribution in [0.25, 0.3) is 22.0 Å². The number of anilines is 2. The average molecular weight is 410 g/mol. The number of nitrogens with zero attached hydrogens (tertiary/aromatic N) is 3. The number of methoxy groups -OCH3 is 1. The lowest BCUT2D eigenvalue weighted by Crippen LogP contribution is -2.05. The average Bonchev–Trinajstić information content (AvgIpc) is 2.74. The summed E-state index contributed by atoms with van der Waals surface area (Å²) < 4.78 is 43.6. The molecule has 0 bridgehead atoms. The first-order valence-electron chi connectivity index (χ1n) is 9.08. The van der Waals surface area contributed by atoms with Crippen LogP contribution >= 0.6 is 0 Å². The molecule has 152 valence electrons. The Morgan fingerprint density at radius 1 is 0.900 bits per heavy atom. The van der Waals surface area contributed by atoms with E-state index in [1.54, 1.807) is 19.5 Å². The summed E-state index contributed by atoms with van der Waals surface area (Å²) in [4.78, 5) is 13.1. The predicted molar refractivity (Wildman–Crippen MR) is 108 cm³/mol. The molecule has 2 heterocycles. The zero-order chi connectivity index (χ0) is 21.1. The zero-order valence-corrected chi connectivity index (χ0v) is 15.9. The summed E-state index contributed by atoms with van der Waals surface area (Å²) in [6, 6.07) is 14.4. The van der Waals surface area contributed by atoms with Crippen molar-refractivity contribution >= 4 is 22.4 Å². The summed E-state index contributed by atoms with van der Waals surface area (Å²) in [5, 5.41) is 3.84. The van der Waals surface area contributed by atoms with Gasteiger partial charge in [-0.2, -0.15) is 13.2 Å². The van der Waals surface area contributed by atoms with Crippen molar-refractivity contribution in [3.63, 3.8) is 0 Å². The highest BCUT2D eigenvalue weighted by molar-refractivity contribution is 5.93. The van der Waals surface area contributed by atoms with Gasteiger partial charge in [0.15, 0.2) is 5.82 Å². The van der Waals surface area contributed by atoms with Crippen LogP contribution in [-0.4, -0.2) is 22.1 Å². The van der Waals surface area contributed by atoms with Crippen molar-refractivity contribution in [3.8, 4) is 11.1 Å². The van der Waals surface area contributed by atoms with Gasteiger partial charge in [-0.05, 0) is 59.7 Å². The van der Waals surface area contributed by atoms with Gasteiger partial charge in [-0.3, -0.25) is 4.98 Å². The first-order chi connectivity index (χ1) is 14.4. The molecule has 30 heavy (non-hydrogen) atoms. The highest BCUT2D eigenvalue weighted by Gasteiger charge is 2.29. The van der Waals surface area contributed by atoms with Gasteiger partial charge in [0, 0.05) is 30.6 Å². The molecule has 1 N–H and O–H groups in total. The van der Waals surface area contributed by atoms with Gasteiger partial charge in [0.1, 0.15) is 12.4 Å². The van der Waals surface area contributed by atoms with E-state index in [1.807, 2.05) is 30.3 Å². The maximum atomic E-state index is 12.8. The molecule has 2 aromatic heterocycles.